The van der Waals surface area contributed by atoms with Gasteiger partial charge in [0.1, 0.15) is 17.6 Å². The van der Waals surface area contributed by atoms with Crippen LogP contribution in [0.2, 0.25) is 0 Å². The summed E-state index contributed by atoms with van der Waals surface area (Å²) in [6, 6.07) is 8.03. The van der Waals surface area contributed by atoms with Crippen LogP contribution in [-0.4, -0.2) is 52.0 Å². The summed E-state index contributed by atoms with van der Waals surface area (Å²) in [6.07, 6.45) is 5.03. The highest BCUT2D eigenvalue weighted by Gasteiger charge is 2.24. The highest BCUT2D eigenvalue weighted by atomic mass is 16.5. The van der Waals surface area contributed by atoms with E-state index in [-0.39, 0.29) is 5.92 Å². The van der Waals surface area contributed by atoms with Gasteiger partial charge in [0.25, 0.3) is 0 Å². The second-order valence-electron chi connectivity index (χ2n) is 7.18. The van der Waals surface area contributed by atoms with E-state index >= 15 is 0 Å². The van der Waals surface area contributed by atoms with Gasteiger partial charge in [0.05, 0.1) is 30.1 Å². The van der Waals surface area contributed by atoms with Crippen molar-refractivity contribution >= 4 is 17.4 Å². The summed E-state index contributed by atoms with van der Waals surface area (Å²) < 4.78 is 7.32. The number of carboxylic acid groups (broad SMARTS) is 1. The number of amides is 1. The van der Waals surface area contributed by atoms with E-state index < -0.39 is 6.09 Å². The third-order valence-electron chi connectivity index (χ3n) is 5.23. The highest BCUT2D eigenvalue weighted by molar-refractivity contribution is 5.85. The molecule has 1 saturated heterocycles. The number of nitrogens with one attached hydrogen (secondary N) is 1. The average Bonchev–Trinajstić information content (AvgIpc) is 3.39. The van der Waals surface area contributed by atoms with Crippen LogP contribution < -0.4 is 15.0 Å². The number of hydrogen-bond donors (Lipinski definition) is 2. The molecule has 0 unspecified atom stereocenters. The third-order valence-corrected chi connectivity index (χ3v) is 5.23. The van der Waals surface area contributed by atoms with E-state index in [1.54, 1.807) is 23.1 Å². The van der Waals surface area contributed by atoms with E-state index in [2.05, 4.69) is 26.4 Å². The maximum absolute atomic E-state index is 10.7. The minimum atomic E-state index is -0.992. The summed E-state index contributed by atoms with van der Waals surface area (Å²) in [6.45, 7) is 4.49. The number of carbonyl (C=O) groups is 1. The van der Waals surface area contributed by atoms with Crippen molar-refractivity contribution in [2.45, 2.75) is 13.3 Å². The van der Waals surface area contributed by atoms with E-state index in [0.29, 0.717) is 24.5 Å². The maximum Gasteiger partial charge on any atom is 0.404 e. The fourth-order valence-electron chi connectivity index (χ4n) is 3.82. The van der Waals surface area contributed by atoms with E-state index in [1.165, 1.54) is 0 Å². The molecule has 0 saturated carbocycles. The minimum Gasteiger partial charge on any atom is -0.492 e. The van der Waals surface area contributed by atoms with Crippen molar-refractivity contribution in [3.8, 4) is 22.9 Å². The predicted molar refractivity (Wildman–Crippen MR) is 111 cm³/mol. The monoisotopic (exact) mass is 406 g/mol. The molecule has 3 aromatic heterocycles. The Bertz CT molecular complexity index is 1100. The molecule has 0 aliphatic carbocycles. The van der Waals surface area contributed by atoms with Crippen LogP contribution in [0.15, 0.2) is 36.8 Å². The molecule has 9 heteroatoms. The second-order valence-corrected chi connectivity index (χ2v) is 7.18. The maximum atomic E-state index is 10.7. The molecule has 9 nitrogen and oxygen atoms in total. The first-order chi connectivity index (χ1) is 14.6. The van der Waals surface area contributed by atoms with Gasteiger partial charge in [-0.05, 0) is 37.5 Å². The van der Waals surface area contributed by atoms with Crippen LogP contribution in [0.1, 0.15) is 18.9 Å². The Morgan fingerprint density at radius 2 is 2.30 bits per heavy atom. The molecular formula is C21H22N6O3. The lowest BCUT2D eigenvalue weighted by Gasteiger charge is -2.18. The van der Waals surface area contributed by atoms with Gasteiger partial charge in [-0.15, -0.1) is 0 Å². The fraction of sp³-hybridized carbons (Fsp3) is 0.333. The van der Waals surface area contributed by atoms with Gasteiger partial charge >= 0.3 is 6.09 Å². The zero-order valence-electron chi connectivity index (χ0n) is 16.6. The van der Waals surface area contributed by atoms with Gasteiger partial charge in [-0.3, -0.25) is 0 Å². The molecule has 1 atom stereocenters. The zero-order chi connectivity index (χ0) is 21.1. The van der Waals surface area contributed by atoms with E-state index in [4.69, 9.17) is 9.84 Å². The molecule has 154 valence electrons. The number of hydrogen-bond acceptors (Lipinski definition) is 6. The Labute approximate surface area is 173 Å². The van der Waals surface area contributed by atoms with Gasteiger partial charge in [-0.25, -0.2) is 14.3 Å². The van der Waals surface area contributed by atoms with Crippen molar-refractivity contribution in [3.05, 3.63) is 42.4 Å². The molecule has 1 fully saturated rings. The quantitative estimate of drug-likeness (QED) is 0.646. The Balaban J connectivity index is 1.60. The van der Waals surface area contributed by atoms with Crippen LogP contribution in [-0.2, 0) is 0 Å². The predicted octanol–water partition coefficient (Wildman–Crippen LogP) is 2.76. The standard InChI is InChI=1S/C21H22N6O3/c1-2-30-17-7-18(20-16(8-22)11-25-27(20)13-17)15-3-4-19(23-10-15)26-6-5-14(12-26)9-24-21(28)29/h3-4,7,10-11,13-14,24H,2,5-6,9,12H2,1H3,(H,28,29)/t14-/m0/s1. The van der Waals surface area contributed by atoms with Crippen LogP contribution in [0.25, 0.3) is 16.6 Å². The smallest absolute Gasteiger partial charge is 0.404 e. The third kappa shape index (κ3) is 3.85. The number of aromatic nitrogens is 3. The molecule has 3 aromatic rings. The summed E-state index contributed by atoms with van der Waals surface area (Å²) in [4.78, 5) is 17.5. The van der Waals surface area contributed by atoms with Gasteiger partial charge in [0, 0.05) is 37.0 Å². The normalized spacial score (nSPS) is 15.9. The molecule has 1 amide bonds. The van der Waals surface area contributed by atoms with Gasteiger partial charge in [-0.2, -0.15) is 10.4 Å². The molecule has 4 rings (SSSR count). The molecule has 2 N–H and O–H groups in total. The number of fused-ring (bicyclic) bond motifs is 1. The fourth-order valence-corrected chi connectivity index (χ4v) is 3.82. The van der Waals surface area contributed by atoms with Crippen LogP contribution >= 0.6 is 0 Å². The molecule has 0 bridgehead atoms. The molecule has 0 spiro atoms. The minimum absolute atomic E-state index is 0.273. The van der Waals surface area contributed by atoms with E-state index in [9.17, 15) is 10.1 Å². The topological polar surface area (TPSA) is 116 Å². The van der Waals surface area contributed by atoms with Gasteiger partial charge < -0.3 is 20.1 Å². The summed E-state index contributed by atoms with van der Waals surface area (Å²) in [5, 5.41) is 25.0. The summed E-state index contributed by atoms with van der Waals surface area (Å²) >= 11 is 0. The number of nitriles is 1. The Morgan fingerprint density at radius 1 is 1.43 bits per heavy atom. The first kappa shape index (κ1) is 19.5. The van der Waals surface area contributed by atoms with Crippen molar-refractivity contribution in [1.82, 2.24) is 19.9 Å². The Kier molecular flexibility index (Phi) is 5.39. The molecule has 4 heterocycles. The van der Waals surface area contributed by atoms with Crippen molar-refractivity contribution in [3.63, 3.8) is 0 Å². The number of nitrogens with zero attached hydrogens (tertiary/aromatic N) is 5. The summed E-state index contributed by atoms with van der Waals surface area (Å²) in [5.74, 6) is 1.79. The Hall–Kier alpha value is -3.80. The van der Waals surface area contributed by atoms with Crippen molar-refractivity contribution in [2.75, 3.05) is 31.1 Å². The van der Waals surface area contributed by atoms with Gasteiger partial charge in [0.2, 0.25) is 0 Å². The number of ether oxygens (including phenoxy) is 1. The number of pyridine rings is 2. The van der Waals surface area contributed by atoms with Gasteiger partial charge in [0.15, 0.2) is 0 Å². The SMILES string of the molecule is CCOc1cc(-c2ccc(N3CC[C@@H](CNC(=O)O)C3)nc2)c2c(C#N)cnn2c1. The average molecular weight is 406 g/mol. The molecular weight excluding hydrogens is 384 g/mol. The molecule has 1 aliphatic heterocycles. The van der Waals surface area contributed by atoms with Crippen LogP contribution in [0, 0.1) is 17.2 Å². The first-order valence-corrected chi connectivity index (χ1v) is 9.81. The number of rotatable bonds is 6. The van der Waals surface area contributed by atoms with E-state index in [1.807, 2.05) is 25.1 Å². The van der Waals surface area contributed by atoms with E-state index in [0.717, 1.165) is 42.0 Å². The van der Waals surface area contributed by atoms with Crippen molar-refractivity contribution < 1.29 is 14.6 Å². The van der Waals surface area contributed by atoms with Gasteiger partial charge in [-0.1, -0.05) is 0 Å². The summed E-state index contributed by atoms with van der Waals surface area (Å²) in [7, 11) is 0. The largest absolute Gasteiger partial charge is 0.492 e. The molecule has 0 aromatic carbocycles. The zero-order valence-corrected chi connectivity index (χ0v) is 16.6. The highest BCUT2D eigenvalue weighted by Crippen LogP contribution is 2.32. The first-order valence-electron chi connectivity index (χ1n) is 9.81. The summed E-state index contributed by atoms with van der Waals surface area (Å²) in [5.41, 5.74) is 2.91. The Morgan fingerprint density at radius 3 is 3.00 bits per heavy atom. The van der Waals surface area contributed by atoms with Crippen LogP contribution in [0.4, 0.5) is 10.6 Å². The second kappa shape index (κ2) is 8.29. The molecule has 0 radical (unpaired) electrons. The van der Waals surface area contributed by atoms with Crippen molar-refractivity contribution in [1.29, 1.82) is 5.26 Å². The van der Waals surface area contributed by atoms with Crippen molar-refractivity contribution in [2.24, 2.45) is 5.92 Å². The lowest BCUT2D eigenvalue weighted by Crippen LogP contribution is -2.29. The lowest BCUT2D eigenvalue weighted by atomic mass is 10.1. The van der Waals surface area contributed by atoms with Crippen LogP contribution in [0.5, 0.6) is 5.75 Å². The molecule has 30 heavy (non-hydrogen) atoms. The molecule has 1 aliphatic rings. The number of anilines is 1. The van der Waals surface area contributed by atoms with Crippen LogP contribution in [0.3, 0.4) is 0 Å². The lowest BCUT2D eigenvalue weighted by molar-refractivity contribution is 0.192.